The molecule has 0 aliphatic carbocycles. The third-order valence-electron chi connectivity index (χ3n) is 4.07. The molecule has 1 saturated heterocycles. The highest BCUT2D eigenvalue weighted by atomic mass is 19.4. The van der Waals surface area contributed by atoms with Crippen molar-refractivity contribution in [3.63, 3.8) is 0 Å². The van der Waals surface area contributed by atoms with Gasteiger partial charge >= 0.3 is 12.4 Å². The van der Waals surface area contributed by atoms with Gasteiger partial charge in [0.05, 0.1) is 17.7 Å². The normalized spacial score (nSPS) is 20.3. The number of rotatable bonds is 4. The van der Waals surface area contributed by atoms with Gasteiger partial charge in [-0.15, -0.1) is 0 Å². The number of methoxy groups -OCH3 is 1. The van der Waals surface area contributed by atoms with Gasteiger partial charge in [-0.25, -0.2) is 0 Å². The Morgan fingerprint density at radius 2 is 1.38 bits per heavy atom. The van der Waals surface area contributed by atoms with Crippen molar-refractivity contribution in [3.8, 4) is 11.1 Å². The van der Waals surface area contributed by atoms with Gasteiger partial charge in [-0.05, 0) is 34.9 Å². The van der Waals surface area contributed by atoms with E-state index in [4.69, 9.17) is 9.47 Å². The Hall–Kier alpha value is -2.06. The first kappa shape index (κ1) is 18.7. The lowest BCUT2D eigenvalue weighted by Crippen LogP contribution is -2.11. The zero-order valence-corrected chi connectivity index (χ0v) is 13.5. The molecule has 1 fully saturated rings. The predicted molar refractivity (Wildman–Crippen MR) is 81.4 cm³/mol. The van der Waals surface area contributed by atoms with Crippen LogP contribution in [0.25, 0.3) is 11.1 Å². The second-order valence-corrected chi connectivity index (χ2v) is 5.97. The van der Waals surface area contributed by atoms with Crippen molar-refractivity contribution in [3.05, 3.63) is 59.2 Å². The molecule has 26 heavy (non-hydrogen) atoms. The van der Waals surface area contributed by atoms with Gasteiger partial charge in [-0.1, -0.05) is 24.3 Å². The first-order chi connectivity index (χ1) is 12.1. The summed E-state index contributed by atoms with van der Waals surface area (Å²) in [6.45, 7) is 0.412. The van der Waals surface area contributed by atoms with Crippen LogP contribution in [-0.4, -0.2) is 19.8 Å². The maximum atomic E-state index is 12.9. The summed E-state index contributed by atoms with van der Waals surface area (Å²) >= 11 is 0. The molecule has 2 aromatic carbocycles. The summed E-state index contributed by atoms with van der Waals surface area (Å²) in [5.74, 6) is 0. The van der Waals surface area contributed by atoms with Crippen LogP contribution in [0.3, 0.4) is 0 Å². The van der Waals surface area contributed by atoms with E-state index in [2.05, 4.69) is 0 Å². The van der Waals surface area contributed by atoms with Crippen molar-refractivity contribution in [2.75, 3.05) is 13.7 Å². The molecule has 3 rings (SSSR count). The van der Waals surface area contributed by atoms with Gasteiger partial charge in [0.25, 0.3) is 0 Å². The molecule has 2 aromatic rings. The monoisotopic (exact) mass is 376 g/mol. The highest BCUT2D eigenvalue weighted by Gasteiger charge is 2.40. The number of hydrogen-bond acceptors (Lipinski definition) is 2. The molecule has 1 aliphatic heterocycles. The first-order valence-electron chi connectivity index (χ1n) is 7.64. The highest BCUT2D eigenvalue weighted by molar-refractivity contribution is 5.66. The standard InChI is InChI=1S/C18H14F6O2/c1-25-9-15-16(26-15)11-4-2-10(3-5-11)12-6-13(17(19,20)21)8-14(7-12)18(22,23)24/h2-8,15-16H,9H2,1H3/t15-,16-/m0/s1. The number of epoxide rings is 1. The van der Waals surface area contributed by atoms with E-state index < -0.39 is 23.5 Å². The Balaban J connectivity index is 1.93. The van der Waals surface area contributed by atoms with E-state index in [1.807, 2.05) is 0 Å². The molecule has 0 radical (unpaired) electrons. The molecule has 0 bridgehead atoms. The molecular formula is C18H14F6O2. The number of alkyl halides is 6. The molecule has 0 saturated carbocycles. The fraction of sp³-hybridized carbons (Fsp3) is 0.333. The average molecular weight is 376 g/mol. The lowest BCUT2D eigenvalue weighted by molar-refractivity contribution is -0.143. The second kappa shape index (κ2) is 6.59. The van der Waals surface area contributed by atoms with Gasteiger partial charge in [0.15, 0.2) is 0 Å². The van der Waals surface area contributed by atoms with Crippen molar-refractivity contribution in [1.29, 1.82) is 0 Å². The van der Waals surface area contributed by atoms with Gasteiger partial charge in [-0.2, -0.15) is 26.3 Å². The molecular weight excluding hydrogens is 362 g/mol. The van der Waals surface area contributed by atoms with Crippen molar-refractivity contribution >= 4 is 0 Å². The molecule has 2 nitrogen and oxygen atoms in total. The minimum absolute atomic E-state index is 0.0868. The first-order valence-corrected chi connectivity index (χ1v) is 7.64. The van der Waals surface area contributed by atoms with Crippen LogP contribution in [0.1, 0.15) is 22.8 Å². The summed E-state index contributed by atoms with van der Waals surface area (Å²) in [6.07, 6.45) is -10.00. The highest BCUT2D eigenvalue weighted by Crippen LogP contribution is 2.41. The Bertz CT molecular complexity index is 747. The molecule has 140 valence electrons. The van der Waals surface area contributed by atoms with Crippen LogP contribution in [0.15, 0.2) is 42.5 Å². The predicted octanol–water partition coefficient (Wildman–Crippen LogP) is 5.48. The van der Waals surface area contributed by atoms with Crippen LogP contribution in [0.4, 0.5) is 26.3 Å². The second-order valence-electron chi connectivity index (χ2n) is 5.97. The summed E-state index contributed by atoms with van der Waals surface area (Å²) in [6, 6.07) is 7.77. The van der Waals surface area contributed by atoms with Gasteiger partial charge in [-0.3, -0.25) is 0 Å². The van der Waals surface area contributed by atoms with E-state index in [1.165, 1.54) is 19.2 Å². The smallest absolute Gasteiger partial charge is 0.382 e. The van der Waals surface area contributed by atoms with Crippen LogP contribution in [-0.2, 0) is 21.8 Å². The lowest BCUT2D eigenvalue weighted by atomic mass is 9.97. The molecule has 1 aliphatic rings. The maximum absolute atomic E-state index is 12.9. The summed E-state index contributed by atoms with van der Waals surface area (Å²) < 4.78 is 88.1. The largest absolute Gasteiger partial charge is 0.416 e. The molecule has 0 amide bonds. The lowest BCUT2D eigenvalue weighted by Gasteiger charge is -2.14. The van der Waals surface area contributed by atoms with E-state index in [1.54, 1.807) is 12.1 Å². The van der Waals surface area contributed by atoms with Gasteiger partial charge in [0.1, 0.15) is 12.2 Å². The fourth-order valence-corrected chi connectivity index (χ4v) is 2.71. The number of halogens is 6. The van der Waals surface area contributed by atoms with Crippen molar-refractivity contribution in [2.45, 2.75) is 24.6 Å². The van der Waals surface area contributed by atoms with Crippen LogP contribution < -0.4 is 0 Å². The number of hydrogen-bond donors (Lipinski definition) is 0. The van der Waals surface area contributed by atoms with E-state index in [-0.39, 0.29) is 29.4 Å². The zero-order valence-electron chi connectivity index (χ0n) is 13.5. The van der Waals surface area contributed by atoms with Gasteiger partial charge in [0, 0.05) is 7.11 Å². The maximum Gasteiger partial charge on any atom is 0.416 e. The van der Waals surface area contributed by atoms with Crippen molar-refractivity contribution < 1.29 is 35.8 Å². The SMILES string of the molecule is COC[C@@H]1O[C@H]1c1ccc(-c2cc(C(F)(F)F)cc(C(F)(F)F)c2)cc1. The summed E-state index contributed by atoms with van der Waals surface area (Å²) in [4.78, 5) is 0. The van der Waals surface area contributed by atoms with Crippen LogP contribution in [0.5, 0.6) is 0 Å². The molecule has 1 heterocycles. The number of benzene rings is 2. The van der Waals surface area contributed by atoms with Crippen LogP contribution in [0, 0.1) is 0 Å². The average Bonchev–Trinajstić information content (AvgIpc) is 3.33. The Morgan fingerprint density at radius 3 is 1.85 bits per heavy atom. The van der Waals surface area contributed by atoms with Gasteiger partial charge in [0.2, 0.25) is 0 Å². The molecule has 0 aromatic heterocycles. The van der Waals surface area contributed by atoms with Crippen molar-refractivity contribution in [1.82, 2.24) is 0 Å². The summed E-state index contributed by atoms with van der Waals surface area (Å²) in [7, 11) is 1.54. The number of ether oxygens (including phenoxy) is 2. The third-order valence-corrected chi connectivity index (χ3v) is 4.07. The minimum atomic E-state index is -4.87. The summed E-state index contributed by atoms with van der Waals surface area (Å²) in [5.41, 5.74) is -1.77. The quantitative estimate of drug-likeness (QED) is 0.521. The van der Waals surface area contributed by atoms with Crippen LogP contribution in [0.2, 0.25) is 0 Å². The van der Waals surface area contributed by atoms with Crippen molar-refractivity contribution in [2.24, 2.45) is 0 Å². The topological polar surface area (TPSA) is 21.8 Å². The fourth-order valence-electron chi connectivity index (χ4n) is 2.71. The zero-order chi connectivity index (χ0) is 19.1. The van der Waals surface area contributed by atoms with E-state index >= 15 is 0 Å². The third kappa shape index (κ3) is 4.02. The van der Waals surface area contributed by atoms with E-state index in [9.17, 15) is 26.3 Å². The molecule has 0 spiro atoms. The Kier molecular flexibility index (Phi) is 4.74. The molecule has 0 N–H and O–H groups in total. The Morgan fingerprint density at radius 1 is 0.846 bits per heavy atom. The van der Waals surface area contributed by atoms with Gasteiger partial charge < -0.3 is 9.47 Å². The molecule has 2 atom stereocenters. The van der Waals surface area contributed by atoms with Crippen LogP contribution >= 0.6 is 0 Å². The summed E-state index contributed by atoms with van der Waals surface area (Å²) in [5, 5.41) is 0. The van der Waals surface area contributed by atoms with E-state index in [0.717, 1.165) is 5.56 Å². The Labute approximate surface area is 145 Å². The van der Waals surface area contributed by atoms with E-state index in [0.29, 0.717) is 18.7 Å². The molecule has 8 heteroatoms. The molecule has 0 unspecified atom stereocenters. The minimum Gasteiger partial charge on any atom is -0.382 e.